The Balaban J connectivity index is 2.74. The highest BCUT2D eigenvalue weighted by atomic mass is 32.2. The summed E-state index contributed by atoms with van der Waals surface area (Å²) in [6, 6.07) is 6.68. The Hall–Kier alpha value is -1.69. The fourth-order valence-corrected chi connectivity index (χ4v) is 2.80. The maximum atomic E-state index is 12.3. The molecule has 22 heavy (non-hydrogen) atoms. The molecule has 2 unspecified atom stereocenters. The second-order valence-corrected chi connectivity index (χ2v) is 7.72. The molecular weight excluding hydrogens is 300 g/mol. The smallest absolute Gasteiger partial charge is 0.248 e. The van der Waals surface area contributed by atoms with Crippen molar-refractivity contribution >= 4 is 22.6 Å². The molecule has 0 saturated carbocycles. The fraction of sp³-hybridized carbons (Fsp3) is 0.500. The standard InChI is InChI=1S/C16H24N2O3S/c1-5-16(3,4)18-15(20)11(2)22(21)10-12-7-6-8-13(9-12)14(17)19/h6-9,11H,5,10H2,1-4H3,(H2,17,19)(H,18,20). The number of rotatable bonds is 7. The lowest BCUT2D eigenvalue weighted by atomic mass is 10.0. The van der Waals surface area contributed by atoms with Crippen LogP contribution in [0.5, 0.6) is 0 Å². The molecule has 2 amide bonds. The average Bonchev–Trinajstić information content (AvgIpc) is 2.46. The number of hydrogen-bond acceptors (Lipinski definition) is 3. The van der Waals surface area contributed by atoms with E-state index in [0.717, 1.165) is 12.0 Å². The van der Waals surface area contributed by atoms with E-state index in [1.807, 2.05) is 20.8 Å². The molecule has 0 heterocycles. The van der Waals surface area contributed by atoms with Crippen LogP contribution in [0.4, 0.5) is 0 Å². The molecule has 0 fully saturated rings. The number of amides is 2. The zero-order chi connectivity index (χ0) is 16.9. The second kappa shape index (κ2) is 7.54. The van der Waals surface area contributed by atoms with Gasteiger partial charge in [0.1, 0.15) is 5.25 Å². The van der Waals surface area contributed by atoms with Gasteiger partial charge in [0.15, 0.2) is 0 Å². The first kappa shape index (κ1) is 18.4. The first-order valence-electron chi connectivity index (χ1n) is 7.24. The molecule has 5 nitrogen and oxygen atoms in total. The monoisotopic (exact) mass is 324 g/mol. The zero-order valence-corrected chi connectivity index (χ0v) is 14.3. The Labute approximate surface area is 134 Å². The van der Waals surface area contributed by atoms with Gasteiger partial charge in [-0.2, -0.15) is 0 Å². The summed E-state index contributed by atoms with van der Waals surface area (Å²) < 4.78 is 12.3. The number of primary amides is 1. The summed E-state index contributed by atoms with van der Waals surface area (Å²) in [5.41, 5.74) is 6.01. The normalized spacial score (nSPS) is 14.2. The zero-order valence-electron chi connectivity index (χ0n) is 13.5. The highest BCUT2D eigenvalue weighted by molar-refractivity contribution is 7.85. The van der Waals surface area contributed by atoms with Gasteiger partial charge in [0.25, 0.3) is 0 Å². The number of nitrogens with two attached hydrogens (primary N) is 1. The topological polar surface area (TPSA) is 89.3 Å². The Morgan fingerprint density at radius 2 is 2.00 bits per heavy atom. The lowest BCUT2D eigenvalue weighted by Crippen LogP contribution is -2.47. The van der Waals surface area contributed by atoms with Crippen molar-refractivity contribution in [1.29, 1.82) is 0 Å². The molecule has 0 saturated heterocycles. The van der Waals surface area contributed by atoms with E-state index in [2.05, 4.69) is 5.32 Å². The predicted molar refractivity (Wildman–Crippen MR) is 88.8 cm³/mol. The summed E-state index contributed by atoms with van der Waals surface area (Å²) in [5.74, 6) is -0.540. The van der Waals surface area contributed by atoms with Crippen LogP contribution in [0.15, 0.2) is 24.3 Å². The Morgan fingerprint density at radius 1 is 1.36 bits per heavy atom. The van der Waals surface area contributed by atoms with Gasteiger partial charge in [0.05, 0.1) is 0 Å². The molecule has 2 atom stereocenters. The minimum atomic E-state index is -1.37. The van der Waals surface area contributed by atoms with E-state index in [0.29, 0.717) is 5.56 Å². The van der Waals surface area contributed by atoms with Gasteiger partial charge in [-0.1, -0.05) is 19.1 Å². The highest BCUT2D eigenvalue weighted by Gasteiger charge is 2.25. The van der Waals surface area contributed by atoms with Gasteiger partial charge < -0.3 is 11.1 Å². The van der Waals surface area contributed by atoms with Gasteiger partial charge in [-0.05, 0) is 44.9 Å². The van der Waals surface area contributed by atoms with Crippen molar-refractivity contribution < 1.29 is 13.8 Å². The third-order valence-corrected chi connectivity index (χ3v) is 5.25. The average molecular weight is 324 g/mol. The molecule has 0 aromatic heterocycles. The molecule has 0 radical (unpaired) electrons. The van der Waals surface area contributed by atoms with Crippen LogP contribution in [0.1, 0.15) is 50.0 Å². The van der Waals surface area contributed by atoms with E-state index in [4.69, 9.17) is 5.73 Å². The Kier molecular flexibility index (Phi) is 6.29. The molecule has 0 bridgehead atoms. The van der Waals surface area contributed by atoms with Crippen LogP contribution >= 0.6 is 0 Å². The molecule has 0 aliphatic rings. The van der Waals surface area contributed by atoms with Crippen LogP contribution in [0.2, 0.25) is 0 Å². The second-order valence-electron chi connectivity index (χ2n) is 5.96. The van der Waals surface area contributed by atoms with Crippen LogP contribution in [-0.2, 0) is 21.3 Å². The van der Waals surface area contributed by atoms with Crippen molar-refractivity contribution in [2.45, 2.75) is 50.7 Å². The SMILES string of the molecule is CCC(C)(C)NC(=O)C(C)S(=O)Cc1cccc(C(N)=O)c1. The van der Waals surface area contributed by atoms with E-state index in [-0.39, 0.29) is 17.2 Å². The van der Waals surface area contributed by atoms with Crippen LogP contribution in [-0.4, -0.2) is 26.8 Å². The molecule has 0 spiro atoms. The number of nitrogens with one attached hydrogen (secondary N) is 1. The Morgan fingerprint density at radius 3 is 2.55 bits per heavy atom. The third-order valence-electron chi connectivity index (χ3n) is 3.63. The van der Waals surface area contributed by atoms with Crippen LogP contribution < -0.4 is 11.1 Å². The summed E-state index contributed by atoms with van der Waals surface area (Å²) in [6.07, 6.45) is 0.790. The lowest BCUT2D eigenvalue weighted by Gasteiger charge is -2.26. The summed E-state index contributed by atoms with van der Waals surface area (Å²) in [7, 11) is -1.37. The Bertz CT molecular complexity index is 585. The van der Waals surface area contributed by atoms with Gasteiger partial charge >= 0.3 is 0 Å². The molecule has 1 aromatic carbocycles. The van der Waals surface area contributed by atoms with E-state index in [1.165, 1.54) is 0 Å². The fourth-order valence-electron chi connectivity index (χ4n) is 1.75. The quantitative estimate of drug-likeness (QED) is 0.800. The van der Waals surface area contributed by atoms with E-state index < -0.39 is 22.0 Å². The van der Waals surface area contributed by atoms with Crippen molar-refractivity contribution in [1.82, 2.24) is 5.32 Å². The van der Waals surface area contributed by atoms with Crippen molar-refractivity contribution in [3.05, 3.63) is 35.4 Å². The molecule has 1 rings (SSSR count). The molecule has 3 N–H and O–H groups in total. The molecule has 122 valence electrons. The third kappa shape index (κ3) is 5.26. The minimum Gasteiger partial charge on any atom is -0.366 e. The van der Waals surface area contributed by atoms with Gasteiger partial charge in [-0.3, -0.25) is 13.8 Å². The van der Waals surface area contributed by atoms with Gasteiger partial charge in [-0.25, -0.2) is 0 Å². The molecule has 0 aliphatic heterocycles. The van der Waals surface area contributed by atoms with Crippen molar-refractivity contribution in [2.75, 3.05) is 0 Å². The van der Waals surface area contributed by atoms with Crippen molar-refractivity contribution in [3.63, 3.8) is 0 Å². The van der Waals surface area contributed by atoms with Crippen LogP contribution in [0, 0.1) is 0 Å². The molecule has 6 heteroatoms. The van der Waals surface area contributed by atoms with Crippen LogP contribution in [0.3, 0.4) is 0 Å². The predicted octanol–water partition coefficient (Wildman–Crippen LogP) is 1.73. The highest BCUT2D eigenvalue weighted by Crippen LogP contribution is 2.12. The molecular formula is C16H24N2O3S. The lowest BCUT2D eigenvalue weighted by molar-refractivity contribution is -0.121. The van der Waals surface area contributed by atoms with E-state index in [1.54, 1.807) is 31.2 Å². The number of benzene rings is 1. The maximum Gasteiger partial charge on any atom is 0.248 e. The van der Waals surface area contributed by atoms with Crippen molar-refractivity contribution in [3.8, 4) is 0 Å². The first-order chi connectivity index (χ1) is 10.2. The van der Waals surface area contributed by atoms with Crippen molar-refractivity contribution in [2.24, 2.45) is 5.73 Å². The maximum absolute atomic E-state index is 12.3. The summed E-state index contributed by atoms with van der Waals surface area (Å²) >= 11 is 0. The van der Waals surface area contributed by atoms with Crippen LogP contribution in [0.25, 0.3) is 0 Å². The largest absolute Gasteiger partial charge is 0.366 e. The summed E-state index contributed by atoms with van der Waals surface area (Å²) in [4.78, 5) is 23.3. The number of carbonyl (C=O) groups is 2. The van der Waals surface area contributed by atoms with E-state index in [9.17, 15) is 13.8 Å². The summed E-state index contributed by atoms with van der Waals surface area (Å²) in [6.45, 7) is 7.49. The summed E-state index contributed by atoms with van der Waals surface area (Å²) in [5, 5.41) is 2.27. The van der Waals surface area contributed by atoms with Gasteiger partial charge in [0.2, 0.25) is 11.8 Å². The minimum absolute atomic E-state index is 0.211. The molecule has 0 aliphatic carbocycles. The first-order valence-corrected chi connectivity index (χ1v) is 8.62. The molecule has 1 aromatic rings. The van der Waals surface area contributed by atoms with E-state index >= 15 is 0 Å². The van der Waals surface area contributed by atoms with Gasteiger partial charge in [0, 0.05) is 27.7 Å². The number of hydrogen-bond donors (Lipinski definition) is 2. The van der Waals surface area contributed by atoms with Gasteiger partial charge in [-0.15, -0.1) is 0 Å². The number of carbonyl (C=O) groups excluding carboxylic acids is 2.